The van der Waals surface area contributed by atoms with Gasteiger partial charge in [0, 0.05) is 0 Å². The second-order valence-corrected chi connectivity index (χ2v) is 24.9. The summed E-state index contributed by atoms with van der Waals surface area (Å²) in [6.45, 7) is 23.7. The van der Waals surface area contributed by atoms with E-state index in [-0.39, 0.29) is 0 Å². The fourth-order valence-electron chi connectivity index (χ4n) is 3.18. The molecule has 0 aliphatic heterocycles. The Bertz CT molecular complexity index is 334. The van der Waals surface area contributed by atoms with Crippen molar-refractivity contribution in [2.75, 3.05) is 13.2 Å². The molecule has 0 aliphatic rings. The van der Waals surface area contributed by atoms with Crippen LogP contribution in [0.3, 0.4) is 0 Å². The van der Waals surface area contributed by atoms with E-state index in [1.54, 1.807) is 0 Å². The SMILES string of the molecule is CC[Si](CC)(CC)[O][Zr]([O]CC(C)C)([O]CC(C)C)[O][Si](CC)(CC)CC. The zero-order valence-electron chi connectivity index (χ0n) is 19.9. The number of hydrogen-bond donors (Lipinski definition) is 0. The normalized spacial score (nSPS) is 13.8. The van der Waals surface area contributed by atoms with Crippen LogP contribution in [0.15, 0.2) is 0 Å². The number of hydrogen-bond acceptors (Lipinski definition) is 4. The summed E-state index contributed by atoms with van der Waals surface area (Å²) in [5, 5.41) is 0. The van der Waals surface area contributed by atoms with Gasteiger partial charge in [-0.05, 0) is 0 Å². The molecule has 27 heavy (non-hydrogen) atoms. The van der Waals surface area contributed by atoms with Crippen molar-refractivity contribution in [3.05, 3.63) is 0 Å². The molecular weight excluding hydrogens is 452 g/mol. The van der Waals surface area contributed by atoms with Gasteiger partial charge in [-0.15, -0.1) is 0 Å². The molecule has 0 aromatic rings. The van der Waals surface area contributed by atoms with E-state index >= 15 is 0 Å². The molecular formula is C20H48O4Si2Zr. The standard InChI is InChI=1S/2C6H15OSi.2C4H9O.Zr/c2*1-4-8(7,5-2)6-3;2*1-4(2)3-5;/h2*4-6H2,1-3H3;2*4H,3H2,1-2H3;/q4*-1;+4. The fraction of sp³-hybridized carbons (Fsp3) is 1.00. The van der Waals surface area contributed by atoms with Gasteiger partial charge in [0.25, 0.3) is 0 Å². The first-order valence-corrected chi connectivity index (χ1v) is 20.4. The molecule has 0 N–H and O–H groups in total. The first kappa shape index (κ1) is 28.2. The molecule has 0 spiro atoms. The molecule has 0 fully saturated rings. The Hall–Kier alpha value is 1.16. The van der Waals surface area contributed by atoms with Crippen LogP contribution >= 0.6 is 0 Å². The van der Waals surface area contributed by atoms with Crippen LogP contribution in [-0.2, 0) is 32.7 Å². The van der Waals surface area contributed by atoms with Gasteiger partial charge >= 0.3 is 180 Å². The van der Waals surface area contributed by atoms with E-state index in [4.69, 9.17) is 10.6 Å². The molecule has 0 aromatic heterocycles. The van der Waals surface area contributed by atoms with Crippen molar-refractivity contribution in [2.24, 2.45) is 11.8 Å². The molecule has 0 amide bonds. The second-order valence-electron chi connectivity index (χ2n) is 8.60. The molecule has 0 heterocycles. The predicted molar refractivity (Wildman–Crippen MR) is 118 cm³/mol. The Morgan fingerprint density at radius 3 is 1.00 bits per heavy atom. The third kappa shape index (κ3) is 9.23. The van der Waals surface area contributed by atoms with Gasteiger partial charge in [0.1, 0.15) is 0 Å². The Morgan fingerprint density at radius 1 is 0.556 bits per heavy atom. The van der Waals surface area contributed by atoms with Gasteiger partial charge in [-0.25, -0.2) is 0 Å². The topological polar surface area (TPSA) is 36.9 Å². The van der Waals surface area contributed by atoms with E-state index in [9.17, 15) is 0 Å². The number of rotatable bonds is 16. The Labute approximate surface area is 179 Å². The van der Waals surface area contributed by atoms with Crippen LogP contribution in [0.2, 0.25) is 36.3 Å². The van der Waals surface area contributed by atoms with Crippen molar-refractivity contribution >= 4 is 16.6 Å². The maximum atomic E-state index is 7.05. The van der Waals surface area contributed by atoms with Crippen molar-refractivity contribution < 1.29 is 32.7 Å². The van der Waals surface area contributed by atoms with Crippen LogP contribution in [0.5, 0.6) is 0 Å². The van der Waals surface area contributed by atoms with Crippen LogP contribution in [0.1, 0.15) is 69.2 Å². The maximum absolute atomic E-state index is 7.05. The third-order valence-electron chi connectivity index (χ3n) is 5.74. The second kappa shape index (κ2) is 13.5. The summed E-state index contributed by atoms with van der Waals surface area (Å²) >= 11 is -4.15. The monoisotopic (exact) mass is 498 g/mol. The molecule has 0 aromatic carbocycles. The molecule has 0 bridgehead atoms. The molecule has 7 heteroatoms. The third-order valence-corrected chi connectivity index (χ3v) is 27.5. The molecule has 0 unspecified atom stereocenters. The van der Waals surface area contributed by atoms with Crippen LogP contribution in [0.4, 0.5) is 0 Å². The molecule has 0 radical (unpaired) electrons. The zero-order chi connectivity index (χ0) is 21.1. The van der Waals surface area contributed by atoms with Crippen molar-refractivity contribution in [3.8, 4) is 0 Å². The molecule has 0 atom stereocenters. The minimum absolute atomic E-state index is 0.442. The Kier molecular flexibility index (Phi) is 14.0. The van der Waals surface area contributed by atoms with E-state index in [0.717, 1.165) is 36.3 Å². The predicted octanol–water partition coefficient (Wildman–Crippen LogP) is 7.19. The summed E-state index contributed by atoms with van der Waals surface area (Å²) in [5.41, 5.74) is 0. The summed E-state index contributed by atoms with van der Waals surface area (Å²) in [5.74, 6) is 0.885. The van der Waals surface area contributed by atoms with Gasteiger partial charge in [-0.1, -0.05) is 0 Å². The summed E-state index contributed by atoms with van der Waals surface area (Å²) in [6, 6.07) is 6.57. The van der Waals surface area contributed by atoms with Gasteiger partial charge in [-0.2, -0.15) is 0 Å². The minimum atomic E-state index is -4.15. The van der Waals surface area contributed by atoms with E-state index < -0.39 is 38.7 Å². The summed E-state index contributed by atoms with van der Waals surface area (Å²) < 4.78 is 27.3. The Morgan fingerprint density at radius 2 is 0.815 bits per heavy atom. The van der Waals surface area contributed by atoms with E-state index in [1.165, 1.54) is 0 Å². The Balaban J connectivity index is 6.03. The van der Waals surface area contributed by atoms with Crippen LogP contribution < -0.4 is 0 Å². The van der Waals surface area contributed by atoms with E-state index in [0.29, 0.717) is 25.0 Å². The van der Waals surface area contributed by atoms with Crippen molar-refractivity contribution in [1.82, 2.24) is 0 Å². The van der Waals surface area contributed by atoms with Crippen LogP contribution in [-0.4, -0.2) is 29.8 Å². The quantitative estimate of drug-likeness (QED) is 0.211. The fourth-order valence-corrected chi connectivity index (χ4v) is 28.2. The van der Waals surface area contributed by atoms with E-state index in [2.05, 4.69) is 69.2 Å². The van der Waals surface area contributed by atoms with Crippen LogP contribution in [0.25, 0.3) is 0 Å². The molecule has 0 saturated carbocycles. The van der Waals surface area contributed by atoms with Crippen molar-refractivity contribution in [3.63, 3.8) is 0 Å². The first-order valence-electron chi connectivity index (χ1n) is 11.3. The van der Waals surface area contributed by atoms with Gasteiger partial charge in [0.2, 0.25) is 0 Å². The van der Waals surface area contributed by atoms with Gasteiger partial charge in [0.05, 0.1) is 0 Å². The van der Waals surface area contributed by atoms with Gasteiger partial charge < -0.3 is 0 Å². The average Bonchev–Trinajstić information content (AvgIpc) is 2.67. The average molecular weight is 500 g/mol. The van der Waals surface area contributed by atoms with Crippen molar-refractivity contribution in [1.29, 1.82) is 0 Å². The molecule has 164 valence electrons. The molecule has 0 rings (SSSR count). The van der Waals surface area contributed by atoms with Crippen LogP contribution in [0, 0.1) is 11.8 Å². The van der Waals surface area contributed by atoms with E-state index in [1.807, 2.05) is 0 Å². The summed E-state index contributed by atoms with van der Waals surface area (Å²) in [6.07, 6.45) is 0. The molecule has 0 aliphatic carbocycles. The van der Waals surface area contributed by atoms with Crippen molar-refractivity contribution in [2.45, 2.75) is 106 Å². The summed E-state index contributed by atoms with van der Waals surface area (Å²) in [4.78, 5) is 0. The first-order chi connectivity index (χ1) is 12.6. The molecule has 4 nitrogen and oxygen atoms in total. The zero-order valence-corrected chi connectivity index (χ0v) is 24.4. The van der Waals surface area contributed by atoms with Gasteiger partial charge in [0.15, 0.2) is 0 Å². The van der Waals surface area contributed by atoms with Gasteiger partial charge in [-0.3, -0.25) is 0 Å². The summed E-state index contributed by atoms with van der Waals surface area (Å²) in [7, 11) is -3.79. The molecule has 0 saturated heterocycles.